The number of nitrogens with zero attached hydrogens (tertiary/aromatic N) is 5. The third kappa shape index (κ3) is 3.79. The number of aryl methyl sites for hydroxylation is 2. The van der Waals surface area contributed by atoms with Crippen molar-refractivity contribution in [3.05, 3.63) is 64.5 Å². The largest absolute Gasteiger partial charge is 0.346 e. The van der Waals surface area contributed by atoms with Gasteiger partial charge in [-0.1, -0.05) is 17.3 Å². The third-order valence-electron chi connectivity index (χ3n) is 4.29. The second-order valence-electron chi connectivity index (χ2n) is 6.08. The van der Waals surface area contributed by atoms with E-state index in [4.69, 9.17) is 0 Å². The smallest absolute Gasteiger partial charge is 0.273 e. The zero-order chi connectivity index (χ0) is 18.7. The molecule has 0 spiro atoms. The predicted octanol–water partition coefficient (Wildman–Crippen LogP) is 2.23. The summed E-state index contributed by atoms with van der Waals surface area (Å²) < 4.78 is 16.4. The van der Waals surface area contributed by atoms with E-state index in [1.165, 1.54) is 12.1 Å². The van der Waals surface area contributed by atoms with Crippen molar-refractivity contribution in [2.24, 2.45) is 0 Å². The summed E-state index contributed by atoms with van der Waals surface area (Å²) in [7, 11) is 0. The van der Waals surface area contributed by atoms with Gasteiger partial charge in [-0.05, 0) is 38.5 Å². The molecule has 0 bridgehead atoms. The number of aromatic nitrogens is 5. The molecule has 0 unspecified atom stereocenters. The minimum Gasteiger partial charge on any atom is -0.346 e. The molecular weight excluding hydrogens is 335 g/mol. The topological polar surface area (TPSA) is 77.6 Å². The van der Waals surface area contributed by atoms with Crippen LogP contribution < -0.4 is 5.32 Å². The fourth-order valence-corrected chi connectivity index (χ4v) is 2.81. The Labute approximate surface area is 150 Å². The highest BCUT2D eigenvalue weighted by molar-refractivity contribution is 5.91. The highest BCUT2D eigenvalue weighted by atomic mass is 19.1. The van der Waals surface area contributed by atoms with Crippen LogP contribution in [0.2, 0.25) is 0 Å². The van der Waals surface area contributed by atoms with Crippen molar-refractivity contribution in [2.75, 3.05) is 0 Å². The van der Waals surface area contributed by atoms with Crippen LogP contribution in [0.4, 0.5) is 4.39 Å². The molecule has 0 aliphatic carbocycles. The normalized spacial score (nSPS) is 10.9. The number of carbonyl (C=O) groups excluding carboxylic acids is 1. The van der Waals surface area contributed by atoms with E-state index < -0.39 is 0 Å². The van der Waals surface area contributed by atoms with Crippen LogP contribution >= 0.6 is 0 Å². The number of halogens is 1. The van der Waals surface area contributed by atoms with Gasteiger partial charge < -0.3 is 5.32 Å². The van der Waals surface area contributed by atoms with Crippen molar-refractivity contribution in [1.29, 1.82) is 0 Å². The molecule has 0 saturated heterocycles. The average Bonchev–Trinajstić information content (AvgIpc) is 3.20. The molecule has 0 fully saturated rings. The highest BCUT2D eigenvalue weighted by Gasteiger charge is 2.14. The maximum Gasteiger partial charge on any atom is 0.273 e. The maximum atomic E-state index is 12.9. The van der Waals surface area contributed by atoms with Gasteiger partial charge in [-0.25, -0.2) is 9.07 Å². The summed E-state index contributed by atoms with van der Waals surface area (Å²) in [5, 5.41) is 15.2. The molecule has 0 saturated carbocycles. The summed E-state index contributed by atoms with van der Waals surface area (Å²) in [5.41, 5.74) is 4.08. The van der Waals surface area contributed by atoms with E-state index in [2.05, 4.69) is 20.7 Å². The van der Waals surface area contributed by atoms with Crippen LogP contribution in [0.15, 0.2) is 30.5 Å². The molecule has 3 rings (SSSR count). The fraction of sp³-hybridized carbons (Fsp3) is 0.333. The Balaban J connectivity index is 1.63. The van der Waals surface area contributed by atoms with Gasteiger partial charge in [0.15, 0.2) is 5.69 Å². The lowest BCUT2D eigenvalue weighted by Crippen LogP contribution is -2.23. The Hall–Kier alpha value is -3.03. The summed E-state index contributed by atoms with van der Waals surface area (Å²) >= 11 is 0. The molecule has 0 aliphatic heterocycles. The van der Waals surface area contributed by atoms with Crippen LogP contribution in [0.3, 0.4) is 0 Å². The number of benzene rings is 1. The Bertz CT molecular complexity index is 912. The van der Waals surface area contributed by atoms with Gasteiger partial charge in [0.1, 0.15) is 5.82 Å². The lowest BCUT2D eigenvalue weighted by Gasteiger charge is -2.04. The molecule has 0 radical (unpaired) electrons. The predicted molar refractivity (Wildman–Crippen MR) is 94.1 cm³/mol. The number of hydrogen-bond donors (Lipinski definition) is 1. The lowest BCUT2D eigenvalue weighted by atomic mass is 10.2. The van der Waals surface area contributed by atoms with Crippen LogP contribution in [-0.4, -0.2) is 30.7 Å². The number of nitrogens with one attached hydrogen (secondary N) is 1. The van der Waals surface area contributed by atoms with Crippen LogP contribution in [0.5, 0.6) is 0 Å². The van der Waals surface area contributed by atoms with E-state index in [-0.39, 0.29) is 17.4 Å². The third-order valence-corrected chi connectivity index (χ3v) is 4.29. The number of carbonyl (C=O) groups is 1. The zero-order valence-corrected chi connectivity index (χ0v) is 15.0. The first-order valence-electron chi connectivity index (χ1n) is 8.43. The van der Waals surface area contributed by atoms with E-state index in [0.717, 1.165) is 29.1 Å². The van der Waals surface area contributed by atoms with Gasteiger partial charge in [-0.15, -0.1) is 5.10 Å². The van der Waals surface area contributed by atoms with Gasteiger partial charge in [-0.3, -0.25) is 9.48 Å². The van der Waals surface area contributed by atoms with Crippen LogP contribution in [0.1, 0.15) is 39.9 Å². The molecule has 3 aromatic rings. The summed E-state index contributed by atoms with van der Waals surface area (Å²) in [4.78, 5) is 12.3. The van der Waals surface area contributed by atoms with Gasteiger partial charge in [-0.2, -0.15) is 5.10 Å². The van der Waals surface area contributed by atoms with Crippen LogP contribution in [-0.2, 0) is 19.6 Å². The molecule has 2 heterocycles. The molecule has 0 atom stereocenters. The van der Waals surface area contributed by atoms with Crippen molar-refractivity contribution < 1.29 is 9.18 Å². The minimum atomic E-state index is -0.293. The van der Waals surface area contributed by atoms with Crippen molar-refractivity contribution in [3.8, 4) is 0 Å². The molecule has 1 aromatic carbocycles. The van der Waals surface area contributed by atoms with Crippen molar-refractivity contribution in [3.63, 3.8) is 0 Å². The lowest BCUT2D eigenvalue weighted by molar-refractivity contribution is 0.0945. The molecule has 7 nitrogen and oxygen atoms in total. The monoisotopic (exact) mass is 356 g/mol. The number of rotatable bonds is 6. The van der Waals surface area contributed by atoms with Gasteiger partial charge in [0, 0.05) is 24.3 Å². The van der Waals surface area contributed by atoms with E-state index in [9.17, 15) is 9.18 Å². The summed E-state index contributed by atoms with van der Waals surface area (Å²) in [6, 6.07) is 6.13. The van der Waals surface area contributed by atoms with E-state index >= 15 is 0 Å². The Morgan fingerprint density at radius 3 is 2.62 bits per heavy atom. The molecule has 0 aliphatic rings. The molecule has 1 amide bonds. The van der Waals surface area contributed by atoms with Crippen molar-refractivity contribution in [2.45, 2.75) is 40.4 Å². The Morgan fingerprint density at radius 1 is 1.23 bits per heavy atom. The first kappa shape index (κ1) is 17.8. The van der Waals surface area contributed by atoms with E-state index in [1.54, 1.807) is 23.0 Å². The van der Waals surface area contributed by atoms with Crippen molar-refractivity contribution in [1.82, 2.24) is 30.1 Å². The van der Waals surface area contributed by atoms with Gasteiger partial charge in [0.05, 0.1) is 18.4 Å². The van der Waals surface area contributed by atoms with Crippen molar-refractivity contribution >= 4 is 5.91 Å². The van der Waals surface area contributed by atoms with Gasteiger partial charge in [0.2, 0.25) is 0 Å². The number of hydrogen-bond acceptors (Lipinski definition) is 4. The molecular formula is C18H21FN6O. The first-order chi connectivity index (χ1) is 12.5. The average molecular weight is 356 g/mol. The van der Waals surface area contributed by atoms with Crippen LogP contribution in [0, 0.1) is 19.7 Å². The molecule has 8 heteroatoms. The van der Waals surface area contributed by atoms with Gasteiger partial charge in [0.25, 0.3) is 5.91 Å². The quantitative estimate of drug-likeness (QED) is 0.735. The van der Waals surface area contributed by atoms with Gasteiger partial charge >= 0.3 is 0 Å². The second-order valence-corrected chi connectivity index (χ2v) is 6.08. The Morgan fingerprint density at radius 2 is 1.96 bits per heavy atom. The fourth-order valence-electron chi connectivity index (χ4n) is 2.81. The molecule has 1 N–H and O–H groups in total. The SMILES string of the molecule is CCn1nc(C)c(CNC(=O)c2cn(Cc3ccc(F)cc3)nn2)c1C. The summed E-state index contributed by atoms with van der Waals surface area (Å²) in [5.74, 6) is -0.581. The molecule has 26 heavy (non-hydrogen) atoms. The summed E-state index contributed by atoms with van der Waals surface area (Å²) in [6.07, 6.45) is 1.58. The highest BCUT2D eigenvalue weighted by Crippen LogP contribution is 2.13. The number of amides is 1. The van der Waals surface area contributed by atoms with E-state index in [1.807, 2.05) is 25.5 Å². The molecule has 136 valence electrons. The molecule has 2 aromatic heterocycles. The van der Waals surface area contributed by atoms with E-state index in [0.29, 0.717) is 13.1 Å². The standard InChI is InChI=1S/C18H21FN6O/c1-4-25-13(3)16(12(2)22-25)9-20-18(26)17-11-24(23-21-17)10-14-5-7-15(19)8-6-14/h5-8,11H,4,9-10H2,1-3H3,(H,20,26). The maximum absolute atomic E-state index is 12.9. The Kier molecular flexibility index (Phi) is 5.11. The summed E-state index contributed by atoms with van der Waals surface area (Å²) in [6.45, 7) is 7.55. The zero-order valence-electron chi connectivity index (χ0n) is 15.0. The minimum absolute atomic E-state index is 0.241. The second kappa shape index (κ2) is 7.47. The van der Waals surface area contributed by atoms with Crippen LogP contribution in [0.25, 0.3) is 0 Å². The first-order valence-corrected chi connectivity index (χ1v) is 8.43.